The molecule has 12 heteroatoms. The molecule has 51 heavy (non-hydrogen) atoms. The summed E-state index contributed by atoms with van der Waals surface area (Å²) in [6.45, 7) is 11.4. The number of halogens is 1. The Morgan fingerprint density at radius 3 is 2.65 bits per heavy atom. The van der Waals surface area contributed by atoms with Crippen molar-refractivity contribution in [3.8, 4) is 5.75 Å². The third-order valence-corrected chi connectivity index (χ3v) is 13.8. The molecule has 2 aromatic carbocycles. The number of sulfonamides is 1. The SMILES string of the molecule is CO[C@]1(CNCCN2CCOCC2)/C=C/C[C@H](C)[C@@H](C)S(=O)(=O)NC(=O)c2ccc3c(c2)N(CCCCc2cc(Cl)ccc2CO3)C[C@@H]2CC[C@H]21. The van der Waals surface area contributed by atoms with Gasteiger partial charge in [-0.25, -0.2) is 13.1 Å². The summed E-state index contributed by atoms with van der Waals surface area (Å²) in [5.41, 5.74) is 2.81. The highest BCUT2D eigenvalue weighted by atomic mass is 35.5. The van der Waals surface area contributed by atoms with E-state index in [0.717, 1.165) is 95.8 Å². The minimum absolute atomic E-state index is 0.227. The van der Waals surface area contributed by atoms with E-state index in [4.69, 9.17) is 25.8 Å². The van der Waals surface area contributed by atoms with E-state index in [0.29, 0.717) is 41.8 Å². The van der Waals surface area contributed by atoms with Gasteiger partial charge in [-0.2, -0.15) is 0 Å². The summed E-state index contributed by atoms with van der Waals surface area (Å²) >= 11 is 6.39. The fourth-order valence-corrected chi connectivity index (χ4v) is 9.48. The average molecular weight is 743 g/mol. The quantitative estimate of drug-likeness (QED) is 0.296. The number of carbonyl (C=O) groups excluding carboxylic acids is 1. The van der Waals surface area contributed by atoms with Crippen LogP contribution in [0.3, 0.4) is 0 Å². The van der Waals surface area contributed by atoms with E-state index in [2.05, 4.69) is 32.0 Å². The highest BCUT2D eigenvalue weighted by Gasteiger charge is 2.47. The van der Waals surface area contributed by atoms with Crippen molar-refractivity contribution in [2.45, 2.75) is 69.8 Å². The van der Waals surface area contributed by atoms with Crippen molar-refractivity contribution < 1.29 is 27.4 Å². The first kappa shape index (κ1) is 38.1. The zero-order valence-corrected chi connectivity index (χ0v) is 31.9. The number of ether oxygens (including phenoxy) is 3. The number of nitrogens with one attached hydrogen (secondary N) is 2. The molecule has 1 saturated carbocycles. The lowest BCUT2D eigenvalue weighted by atomic mass is 9.64. The van der Waals surface area contributed by atoms with Gasteiger partial charge < -0.3 is 24.4 Å². The van der Waals surface area contributed by atoms with Gasteiger partial charge in [0.25, 0.3) is 5.91 Å². The molecule has 280 valence electrons. The van der Waals surface area contributed by atoms with Gasteiger partial charge in [0, 0.05) is 63.5 Å². The predicted molar refractivity (Wildman–Crippen MR) is 202 cm³/mol. The molecule has 1 amide bonds. The zero-order chi connectivity index (χ0) is 36.0. The van der Waals surface area contributed by atoms with E-state index in [1.807, 2.05) is 37.3 Å². The number of morpholine rings is 1. The van der Waals surface area contributed by atoms with Crippen LogP contribution < -0.4 is 19.7 Å². The fourth-order valence-electron chi connectivity index (χ4n) is 8.01. The minimum atomic E-state index is -3.95. The third kappa shape index (κ3) is 9.11. The molecule has 1 saturated heterocycles. The summed E-state index contributed by atoms with van der Waals surface area (Å²) in [4.78, 5) is 18.3. The molecule has 4 aliphatic rings. The number of anilines is 1. The van der Waals surface area contributed by atoms with Gasteiger partial charge in [0.05, 0.1) is 24.2 Å². The van der Waals surface area contributed by atoms with Gasteiger partial charge in [-0.1, -0.05) is 36.7 Å². The summed E-state index contributed by atoms with van der Waals surface area (Å²) in [6, 6.07) is 11.2. The lowest BCUT2D eigenvalue weighted by Gasteiger charge is -2.50. The van der Waals surface area contributed by atoms with Crippen LogP contribution in [-0.2, 0) is 32.5 Å². The maximum absolute atomic E-state index is 13.6. The minimum Gasteiger partial charge on any atom is -0.487 e. The second-order valence-electron chi connectivity index (χ2n) is 14.8. The van der Waals surface area contributed by atoms with Gasteiger partial charge in [0.2, 0.25) is 10.0 Å². The van der Waals surface area contributed by atoms with Crippen LogP contribution in [-0.4, -0.2) is 96.2 Å². The summed E-state index contributed by atoms with van der Waals surface area (Å²) in [6.07, 6.45) is 9.73. The van der Waals surface area contributed by atoms with E-state index in [-0.39, 0.29) is 11.8 Å². The Morgan fingerprint density at radius 2 is 1.88 bits per heavy atom. The van der Waals surface area contributed by atoms with Crippen molar-refractivity contribution in [1.82, 2.24) is 14.9 Å². The van der Waals surface area contributed by atoms with Crippen molar-refractivity contribution in [3.05, 3.63) is 70.3 Å². The van der Waals surface area contributed by atoms with Gasteiger partial charge >= 0.3 is 0 Å². The van der Waals surface area contributed by atoms with Crippen LogP contribution in [0.5, 0.6) is 5.75 Å². The van der Waals surface area contributed by atoms with Crippen molar-refractivity contribution >= 4 is 33.2 Å². The Bertz CT molecular complexity index is 1650. The molecule has 2 bridgehead atoms. The standard InChI is InChI=1S/C39H55ClN4O6S/c1-28-7-6-15-39(48-3,27-41-16-18-43-19-21-49-22-20-43)35-13-10-32(35)25-44-17-5-4-8-30-23-34(40)12-9-33(30)26-50-37-14-11-31(24-36(37)44)38(45)42-51(46,47)29(28)2/h6,9,11-12,14-15,23-24,28-29,32,35,41H,4-5,7-8,10,13,16-22,25-27H2,1-3H3,(H,42,45)/b15-6+/t28-,29+,32-,35+,39-/m0/s1. The number of carbonyl (C=O) groups is 1. The Kier molecular flexibility index (Phi) is 12.7. The molecule has 2 fully saturated rings. The highest BCUT2D eigenvalue weighted by molar-refractivity contribution is 7.90. The number of nitrogens with zero attached hydrogens (tertiary/aromatic N) is 2. The molecule has 10 nitrogen and oxygen atoms in total. The summed E-state index contributed by atoms with van der Waals surface area (Å²) in [5, 5.41) is 3.66. The smallest absolute Gasteiger partial charge is 0.264 e. The van der Waals surface area contributed by atoms with E-state index in [1.54, 1.807) is 20.1 Å². The number of methoxy groups -OCH3 is 1. The van der Waals surface area contributed by atoms with E-state index in [9.17, 15) is 13.2 Å². The Hall–Kier alpha value is -2.67. The van der Waals surface area contributed by atoms with Crippen molar-refractivity contribution in [1.29, 1.82) is 0 Å². The number of hydrogen-bond donors (Lipinski definition) is 2. The normalized spacial score (nSPS) is 29.6. The van der Waals surface area contributed by atoms with Crippen molar-refractivity contribution in [3.63, 3.8) is 0 Å². The second-order valence-corrected chi connectivity index (χ2v) is 17.3. The molecule has 1 aliphatic carbocycles. The lowest BCUT2D eigenvalue weighted by Crippen LogP contribution is -2.56. The topological polar surface area (TPSA) is 109 Å². The van der Waals surface area contributed by atoms with Crippen LogP contribution in [0.2, 0.25) is 5.02 Å². The van der Waals surface area contributed by atoms with Gasteiger partial charge in [-0.15, -0.1) is 0 Å². The van der Waals surface area contributed by atoms with E-state index >= 15 is 0 Å². The third-order valence-electron chi connectivity index (χ3n) is 11.7. The monoisotopic (exact) mass is 742 g/mol. The van der Waals surface area contributed by atoms with Crippen molar-refractivity contribution in [2.75, 3.05) is 71.0 Å². The second kappa shape index (κ2) is 17.0. The van der Waals surface area contributed by atoms with Gasteiger partial charge in [0.15, 0.2) is 0 Å². The molecule has 0 spiro atoms. The summed E-state index contributed by atoms with van der Waals surface area (Å²) < 4.78 is 48.0. The lowest BCUT2D eigenvalue weighted by molar-refractivity contribution is -0.0734. The van der Waals surface area contributed by atoms with Crippen LogP contribution in [0.4, 0.5) is 5.69 Å². The molecule has 2 aromatic rings. The van der Waals surface area contributed by atoms with E-state index in [1.165, 1.54) is 5.56 Å². The van der Waals surface area contributed by atoms with Gasteiger partial charge in [-0.05, 0) is 105 Å². The van der Waals surface area contributed by atoms with E-state index < -0.39 is 26.8 Å². The molecular formula is C39H55ClN4O6S. The van der Waals surface area contributed by atoms with Gasteiger partial charge in [0.1, 0.15) is 18.0 Å². The number of allylic oxidation sites excluding steroid dienone is 1. The number of fused-ring (bicyclic) bond motifs is 3. The first-order valence-electron chi connectivity index (χ1n) is 18.7. The average Bonchev–Trinajstić information content (AvgIpc) is 3.14. The molecular weight excluding hydrogens is 688 g/mol. The summed E-state index contributed by atoms with van der Waals surface area (Å²) in [5.74, 6) is 0.399. The van der Waals surface area contributed by atoms with Crippen LogP contribution in [0.25, 0.3) is 0 Å². The number of aryl methyl sites for hydroxylation is 1. The maximum atomic E-state index is 13.6. The fraction of sp³-hybridized carbons (Fsp3) is 0.615. The van der Waals surface area contributed by atoms with Crippen LogP contribution in [0.1, 0.15) is 67.4 Å². The highest BCUT2D eigenvalue weighted by Crippen LogP contribution is 2.46. The molecule has 0 aromatic heterocycles. The summed E-state index contributed by atoms with van der Waals surface area (Å²) in [7, 11) is -2.15. The molecule has 0 unspecified atom stereocenters. The van der Waals surface area contributed by atoms with Crippen LogP contribution in [0, 0.1) is 17.8 Å². The van der Waals surface area contributed by atoms with Crippen molar-refractivity contribution in [2.24, 2.45) is 17.8 Å². The Morgan fingerprint density at radius 1 is 1.06 bits per heavy atom. The number of amides is 1. The Balaban J connectivity index is 1.33. The van der Waals surface area contributed by atoms with Crippen LogP contribution in [0.15, 0.2) is 48.6 Å². The molecule has 0 radical (unpaired) electrons. The molecule has 3 heterocycles. The Labute approximate surface area is 309 Å². The molecule has 6 rings (SSSR count). The number of rotatable bonds is 6. The zero-order valence-electron chi connectivity index (χ0n) is 30.4. The molecule has 5 atom stereocenters. The largest absolute Gasteiger partial charge is 0.487 e. The predicted octanol–water partition coefficient (Wildman–Crippen LogP) is 5.44. The van der Waals surface area contributed by atoms with Gasteiger partial charge in [-0.3, -0.25) is 9.69 Å². The molecule has 3 aliphatic heterocycles. The number of benzene rings is 2. The molecule has 2 N–H and O–H groups in total. The number of hydrogen-bond acceptors (Lipinski definition) is 9. The maximum Gasteiger partial charge on any atom is 0.264 e. The first-order chi connectivity index (χ1) is 24.6. The van der Waals surface area contributed by atoms with Crippen LogP contribution >= 0.6 is 11.6 Å². The first-order valence-corrected chi connectivity index (χ1v) is 20.6.